The van der Waals surface area contributed by atoms with Gasteiger partial charge in [-0.3, -0.25) is 10.3 Å². The first-order valence-electron chi connectivity index (χ1n) is 12.8. The van der Waals surface area contributed by atoms with Crippen LogP contribution in [0.5, 0.6) is 0 Å². The fourth-order valence-electron chi connectivity index (χ4n) is 3.82. The van der Waals surface area contributed by atoms with Gasteiger partial charge in [-0.1, -0.05) is 66.2 Å². The quantitative estimate of drug-likeness (QED) is 0.141. The summed E-state index contributed by atoms with van der Waals surface area (Å²) >= 11 is 6.09. The first kappa shape index (κ1) is 30.2. The van der Waals surface area contributed by atoms with Crippen molar-refractivity contribution in [2.24, 2.45) is 4.99 Å². The van der Waals surface area contributed by atoms with Crippen molar-refractivity contribution in [3.8, 4) is 22.4 Å². The maximum atomic E-state index is 13.0. The van der Waals surface area contributed by atoms with E-state index in [-0.39, 0.29) is 17.4 Å². The van der Waals surface area contributed by atoms with Crippen molar-refractivity contribution >= 4 is 39.4 Å². The van der Waals surface area contributed by atoms with Gasteiger partial charge in [0, 0.05) is 22.3 Å². The number of hydrogen-bond donors (Lipinski definition) is 2. The summed E-state index contributed by atoms with van der Waals surface area (Å²) in [7, 11) is -4.06. The summed E-state index contributed by atoms with van der Waals surface area (Å²) in [5.74, 6) is -0.308. The van der Waals surface area contributed by atoms with E-state index < -0.39 is 21.7 Å². The lowest BCUT2D eigenvalue weighted by Crippen LogP contribution is -2.45. The lowest BCUT2D eigenvalue weighted by molar-refractivity contribution is 0.0562. The molecule has 0 saturated carbocycles. The molecule has 4 rings (SSSR count). The summed E-state index contributed by atoms with van der Waals surface area (Å²) in [6, 6.07) is 24.0. The van der Waals surface area contributed by atoms with Gasteiger partial charge in [-0.15, -0.1) is 0 Å². The van der Waals surface area contributed by atoms with Gasteiger partial charge in [-0.25, -0.2) is 27.8 Å². The molecule has 0 fully saturated rings. The van der Waals surface area contributed by atoms with E-state index in [1.54, 1.807) is 69.4 Å². The Morgan fingerprint density at radius 3 is 2.26 bits per heavy atom. The minimum absolute atomic E-state index is 0.00261. The second kappa shape index (κ2) is 12.9. The van der Waals surface area contributed by atoms with Crippen LogP contribution in [0.25, 0.3) is 27.2 Å². The van der Waals surface area contributed by atoms with Gasteiger partial charge in [0.25, 0.3) is 10.0 Å². The number of benzene rings is 3. The Hall–Kier alpha value is -4.72. The first-order valence-corrected chi connectivity index (χ1v) is 14.6. The summed E-state index contributed by atoms with van der Waals surface area (Å²) in [5, 5.41) is 3.00. The third kappa shape index (κ3) is 8.16. The molecule has 1 aromatic heterocycles. The molecule has 1 heterocycles. The molecule has 42 heavy (non-hydrogen) atoms. The fraction of sp³-hybridized carbons (Fsp3) is 0.161. The maximum absolute atomic E-state index is 13.0. The summed E-state index contributed by atoms with van der Waals surface area (Å²) in [4.78, 5) is 25.0. The van der Waals surface area contributed by atoms with Crippen LogP contribution in [0.15, 0.2) is 101 Å². The van der Waals surface area contributed by atoms with E-state index in [9.17, 15) is 13.2 Å². The number of ether oxygens (including phenoxy) is 1. The molecule has 4 aromatic rings. The number of sulfonamides is 1. The Kier molecular flexibility index (Phi) is 9.25. The molecule has 9 nitrogen and oxygen atoms in total. The molecule has 0 saturated heterocycles. The molecule has 0 atom stereocenters. The van der Waals surface area contributed by atoms with Crippen LogP contribution in [0.4, 0.5) is 10.5 Å². The normalized spacial score (nSPS) is 11.8. The maximum Gasteiger partial charge on any atom is 0.414 e. The number of amides is 1. The van der Waals surface area contributed by atoms with Crippen LogP contribution in [-0.4, -0.2) is 31.1 Å². The van der Waals surface area contributed by atoms with Crippen LogP contribution in [0.2, 0.25) is 5.02 Å². The van der Waals surface area contributed by atoms with Crippen LogP contribution >= 0.6 is 11.6 Å². The molecule has 214 valence electrons. The second-order valence-electron chi connectivity index (χ2n) is 10.1. The van der Waals surface area contributed by atoms with E-state index in [0.717, 1.165) is 16.7 Å². The number of guanidine groups is 1. The molecule has 0 radical (unpaired) electrons. The zero-order chi connectivity index (χ0) is 30.3. The lowest BCUT2D eigenvalue weighted by atomic mass is 9.97. The standard InChI is InChI=1S/C31H28ClN5O4S/c1-31(2,3)41-30(38)36-29(37-42(39,40)26-8-6-5-7-9-26)35-20-21-18-27(22-12-16-25(33-4)17-13-22)28(34-19-21)23-10-14-24(32)15-11-23/h5-19H,20H2,1-3H3,(H2,35,36,37,38). The highest BCUT2D eigenvalue weighted by molar-refractivity contribution is 7.90. The van der Waals surface area contributed by atoms with Gasteiger partial charge in [0.1, 0.15) is 5.60 Å². The SMILES string of the molecule is [C-]#[N+]c1ccc(-c2cc(CN=C(NC(=O)OC(C)(C)C)NS(=O)(=O)c3ccccc3)cnc2-c2ccc(Cl)cc2)cc1. The fourth-order valence-corrected chi connectivity index (χ4v) is 4.95. The molecule has 0 aliphatic heterocycles. The second-order valence-corrected chi connectivity index (χ2v) is 12.2. The number of halogens is 1. The number of aliphatic imine (C=N–C) groups is 1. The van der Waals surface area contributed by atoms with Crippen molar-refractivity contribution in [2.45, 2.75) is 37.8 Å². The van der Waals surface area contributed by atoms with E-state index in [1.807, 2.05) is 30.3 Å². The zero-order valence-corrected chi connectivity index (χ0v) is 24.7. The summed E-state index contributed by atoms with van der Waals surface area (Å²) < 4.78 is 33.7. The van der Waals surface area contributed by atoms with Crippen molar-refractivity contribution in [1.29, 1.82) is 0 Å². The zero-order valence-electron chi connectivity index (χ0n) is 23.1. The van der Waals surface area contributed by atoms with Crippen LogP contribution in [0, 0.1) is 6.57 Å². The van der Waals surface area contributed by atoms with Gasteiger partial charge in [0.15, 0.2) is 5.69 Å². The van der Waals surface area contributed by atoms with Gasteiger partial charge in [-0.05, 0) is 62.2 Å². The number of hydrogen-bond acceptors (Lipinski definition) is 6. The van der Waals surface area contributed by atoms with E-state index in [1.165, 1.54) is 12.1 Å². The van der Waals surface area contributed by atoms with E-state index >= 15 is 0 Å². The number of carbonyl (C=O) groups excluding carboxylic acids is 1. The predicted molar refractivity (Wildman–Crippen MR) is 164 cm³/mol. The molecule has 0 unspecified atom stereocenters. The summed E-state index contributed by atoms with van der Waals surface area (Å²) in [6.07, 6.45) is 0.759. The smallest absolute Gasteiger partial charge is 0.414 e. The number of nitrogens with zero attached hydrogens (tertiary/aromatic N) is 3. The molecular weight excluding hydrogens is 574 g/mol. The highest BCUT2D eigenvalue weighted by Gasteiger charge is 2.21. The highest BCUT2D eigenvalue weighted by atomic mass is 35.5. The first-order chi connectivity index (χ1) is 19.9. The third-order valence-corrected chi connectivity index (χ3v) is 7.30. The van der Waals surface area contributed by atoms with Crippen LogP contribution in [-0.2, 0) is 21.3 Å². The molecule has 11 heteroatoms. The van der Waals surface area contributed by atoms with Gasteiger partial charge in [0.05, 0.1) is 23.7 Å². The number of aromatic nitrogens is 1. The van der Waals surface area contributed by atoms with Crippen molar-refractivity contribution in [1.82, 2.24) is 15.0 Å². The van der Waals surface area contributed by atoms with Gasteiger partial charge in [0.2, 0.25) is 5.96 Å². The highest BCUT2D eigenvalue weighted by Crippen LogP contribution is 2.33. The molecule has 0 spiro atoms. The summed E-state index contributed by atoms with van der Waals surface area (Å²) in [6.45, 7) is 12.3. The van der Waals surface area contributed by atoms with Gasteiger partial charge >= 0.3 is 6.09 Å². The van der Waals surface area contributed by atoms with Gasteiger partial charge < -0.3 is 4.74 Å². The minimum Gasteiger partial charge on any atom is -0.444 e. The Labute approximate surface area is 250 Å². The molecule has 1 amide bonds. The molecule has 0 bridgehead atoms. The monoisotopic (exact) mass is 601 g/mol. The number of pyridine rings is 1. The Morgan fingerprint density at radius 1 is 1.00 bits per heavy atom. The predicted octanol–water partition coefficient (Wildman–Crippen LogP) is 6.98. The molecule has 0 aliphatic carbocycles. The molecule has 2 N–H and O–H groups in total. The molecule has 0 aliphatic rings. The van der Waals surface area contributed by atoms with Crippen molar-refractivity contribution in [3.05, 3.63) is 113 Å². The Balaban J connectivity index is 1.71. The number of carbonyl (C=O) groups is 1. The number of rotatable bonds is 6. The number of nitrogens with one attached hydrogen (secondary N) is 2. The topological polar surface area (TPSA) is 114 Å². The van der Waals surface area contributed by atoms with Crippen molar-refractivity contribution in [2.75, 3.05) is 0 Å². The summed E-state index contributed by atoms with van der Waals surface area (Å²) in [5.41, 5.74) is 3.44. The Bertz CT molecular complexity index is 1740. The van der Waals surface area contributed by atoms with E-state index in [4.69, 9.17) is 22.9 Å². The van der Waals surface area contributed by atoms with Crippen molar-refractivity contribution < 1.29 is 17.9 Å². The average Bonchev–Trinajstić information content (AvgIpc) is 2.95. The third-order valence-electron chi connectivity index (χ3n) is 5.69. The van der Waals surface area contributed by atoms with Crippen molar-refractivity contribution in [3.63, 3.8) is 0 Å². The van der Waals surface area contributed by atoms with Gasteiger partial charge in [-0.2, -0.15) is 0 Å². The van der Waals surface area contributed by atoms with Crippen LogP contribution < -0.4 is 10.0 Å². The average molecular weight is 602 g/mol. The largest absolute Gasteiger partial charge is 0.444 e. The van der Waals surface area contributed by atoms with Crippen LogP contribution in [0.1, 0.15) is 26.3 Å². The van der Waals surface area contributed by atoms with E-state index in [2.05, 4.69) is 24.9 Å². The van der Waals surface area contributed by atoms with Crippen LogP contribution in [0.3, 0.4) is 0 Å². The minimum atomic E-state index is -4.06. The molecule has 3 aromatic carbocycles. The number of alkyl carbamates (subject to hydrolysis) is 1. The lowest BCUT2D eigenvalue weighted by Gasteiger charge is -2.20. The Morgan fingerprint density at radius 2 is 1.64 bits per heavy atom. The molecular formula is C31H28ClN5O4S. The van der Waals surface area contributed by atoms with E-state index in [0.29, 0.717) is 22.0 Å².